The van der Waals surface area contributed by atoms with E-state index in [9.17, 15) is 4.79 Å². The van der Waals surface area contributed by atoms with Crippen molar-refractivity contribution in [2.45, 2.75) is 20.0 Å². The molecule has 1 fully saturated rings. The van der Waals surface area contributed by atoms with Crippen molar-refractivity contribution in [3.05, 3.63) is 29.8 Å². The number of hydrogen-bond donors (Lipinski definition) is 1. The number of ether oxygens (including phenoxy) is 1. The van der Waals surface area contributed by atoms with Crippen LogP contribution >= 0.6 is 0 Å². The molecular formula is C14H18N6O2. The molecule has 1 aliphatic heterocycles. The molecule has 0 bridgehead atoms. The molecule has 3 rings (SSSR count). The normalized spacial score (nSPS) is 18.5. The molecule has 1 atom stereocenters. The fourth-order valence-electron chi connectivity index (χ4n) is 2.49. The van der Waals surface area contributed by atoms with Gasteiger partial charge in [-0.2, -0.15) is 5.10 Å². The molecular weight excluding hydrogens is 284 g/mol. The third-order valence-corrected chi connectivity index (χ3v) is 3.54. The summed E-state index contributed by atoms with van der Waals surface area (Å²) in [5.41, 5.74) is 7.22. The predicted molar refractivity (Wildman–Crippen MR) is 79.8 cm³/mol. The molecule has 3 heterocycles. The van der Waals surface area contributed by atoms with Gasteiger partial charge < -0.3 is 15.4 Å². The highest BCUT2D eigenvalue weighted by Crippen LogP contribution is 2.17. The first kappa shape index (κ1) is 14.5. The number of carbonyl (C=O) groups is 1. The van der Waals surface area contributed by atoms with Crippen LogP contribution in [0, 0.1) is 13.8 Å². The van der Waals surface area contributed by atoms with E-state index < -0.39 is 12.0 Å². The SMILES string of the molecule is Cc1cc(C)n(-c2cncc(N3CCOC(C(N)=O)C3)n2)n1. The minimum atomic E-state index is -0.618. The summed E-state index contributed by atoms with van der Waals surface area (Å²) in [6.07, 6.45) is 2.71. The minimum Gasteiger partial charge on any atom is -0.367 e. The first-order valence-corrected chi connectivity index (χ1v) is 7.06. The van der Waals surface area contributed by atoms with E-state index in [0.717, 1.165) is 11.4 Å². The minimum absolute atomic E-state index is 0.380. The fourth-order valence-corrected chi connectivity index (χ4v) is 2.49. The highest BCUT2D eigenvalue weighted by atomic mass is 16.5. The van der Waals surface area contributed by atoms with Gasteiger partial charge in [0.15, 0.2) is 11.9 Å². The lowest BCUT2D eigenvalue weighted by molar-refractivity contribution is -0.130. The lowest BCUT2D eigenvalue weighted by Gasteiger charge is -2.32. The second-order valence-electron chi connectivity index (χ2n) is 5.28. The van der Waals surface area contributed by atoms with Crippen LogP contribution < -0.4 is 10.6 Å². The molecule has 0 radical (unpaired) electrons. The van der Waals surface area contributed by atoms with E-state index in [1.54, 1.807) is 17.1 Å². The first-order chi connectivity index (χ1) is 10.5. The van der Waals surface area contributed by atoms with E-state index in [4.69, 9.17) is 10.5 Å². The highest BCUT2D eigenvalue weighted by Gasteiger charge is 2.26. The molecule has 0 aliphatic carbocycles. The fraction of sp³-hybridized carbons (Fsp3) is 0.429. The maximum atomic E-state index is 11.3. The number of rotatable bonds is 3. The molecule has 22 heavy (non-hydrogen) atoms. The summed E-state index contributed by atoms with van der Waals surface area (Å²) >= 11 is 0. The Labute approximate surface area is 127 Å². The number of amides is 1. The van der Waals surface area contributed by atoms with Crippen LogP contribution in [-0.4, -0.2) is 51.5 Å². The molecule has 1 unspecified atom stereocenters. The number of anilines is 1. The van der Waals surface area contributed by atoms with Crippen molar-refractivity contribution in [3.63, 3.8) is 0 Å². The van der Waals surface area contributed by atoms with Gasteiger partial charge in [0, 0.05) is 12.2 Å². The second-order valence-corrected chi connectivity index (χ2v) is 5.28. The van der Waals surface area contributed by atoms with Gasteiger partial charge in [-0.15, -0.1) is 0 Å². The number of hydrogen-bond acceptors (Lipinski definition) is 6. The van der Waals surface area contributed by atoms with Crippen LogP contribution in [0.3, 0.4) is 0 Å². The third-order valence-electron chi connectivity index (χ3n) is 3.54. The number of carbonyl (C=O) groups excluding carboxylic acids is 1. The Morgan fingerprint density at radius 2 is 2.14 bits per heavy atom. The molecule has 116 valence electrons. The maximum absolute atomic E-state index is 11.3. The molecule has 1 aliphatic rings. The standard InChI is InChI=1S/C14H18N6O2/c1-9-5-10(2)20(18-9)13-7-16-6-12(17-13)19-3-4-22-11(8-19)14(15)21/h5-7,11H,3-4,8H2,1-2H3,(H2,15,21). The van der Waals surface area contributed by atoms with Crippen molar-refractivity contribution >= 4 is 11.7 Å². The van der Waals surface area contributed by atoms with Crippen molar-refractivity contribution in [3.8, 4) is 5.82 Å². The summed E-state index contributed by atoms with van der Waals surface area (Å²) < 4.78 is 7.09. The van der Waals surface area contributed by atoms with Crippen molar-refractivity contribution in [2.24, 2.45) is 5.73 Å². The lowest BCUT2D eigenvalue weighted by atomic mass is 10.2. The summed E-state index contributed by atoms with van der Waals surface area (Å²) in [6, 6.07) is 1.98. The van der Waals surface area contributed by atoms with Crippen LogP contribution in [0.2, 0.25) is 0 Å². The van der Waals surface area contributed by atoms with Crippen LogP contribution in [0.4, 0.5) is 5.82 Å². The Balaban J connectivity index is 1.88. The number of primary amides is 1. The van der Waals surface area contributed by atoms with Gasteiger partial charge in [-0.3, -0.25) is 9.78 Å². The predicted octanol–water partition coefficient (Wildman–Crippen LogP) is -0.0304. The zero-order valence-electron chi connectivity index (χ0n) is 12.6. The number of nitrogens with two attached hydrogens (primary N) is 1. The van der Waals surface area contributed by atoms with E-state index in [1.165, 1.54) is 0 Å². The monoisotopic (exact) mass is 302 g/mol. The maximum Gasteiger partial charge on any atom is 0.248 e. The molecule has 2 aromatic rings. The number of morpholine rings is 1. The van der Waals surface area contributed by atoms with Gasteiger partial charge in [0.1, 0.15) is 5.82 Å². The van der Waals surface area contributed by atoms with Crippen molar-refractivity contribution < 1.29 is 9.53 Å². The van der Waals surface area contributed by atoms with Gasteiger partial charge in [0.05, 0.1) is 31.2 Å². The molecule has 1 saturated heterocycles. The Bertz CT molecular complexity index is 698. The van der Waals surface area contributed by atoms with Gasteiger partial charge in [-0.25, -0.2) is 9.67 Å². The summed E-state index contributed by atoms with van der Waals surface area (Å²) in [7, 11) is 0. The smallest absolute Gasteiger partial charge is 0.248 e. The zero-order valence-corrected chi connectivity index (χ0v) is 12.6. The van der Waals surface area contributed by atoms with Crippen LogP contribution in [0.1, 0.15) is 11.4 Å². The molecule has 0 aromatic carbocycles. The topological polar surface area (TPSA) is 99.2 Å². The molecule has 2 aromatic heterocycles. The highest BCUT2D eigenvalue weighted by molar-refractivity contribution is 5.79. The molecule has 8 heteroatoms. The molecule has 0 spiro atoms. The summed E-state index contributed by atoms with van der Waals surface area (Å²) in [6.45, 7) is 5.34. The van der Waals surface area contributed by atoms with E-state index in [1.807, 2.05) is 24.8 Å². The average molecular weight is 302 g/mol. The third kappa shape index (κ3) is 2.77. The lowest BCUT2D eigenvalue weighted by Crippen LogP contribution is -2.48. The quantitative estimate of drug-likeness (QED) is 0.854. The van der Waals surface area contributed by atoms with E-state index in [-0.39, 0.29) is 0 Å². The van der Waals surface area contributed by atoms with E-state index in [2.05, 4.69) is 15.1 Å². The van der Waals surface area contributed by atoms with Gasteiger partial charge in [0.25, 0.3) is 0 Å². The van der Waals surface area contributed by atoms with E-state index in [0.29, 0.717) is 31.3 Å². The second kappa shape index (κ2) is 5.72. The summed E-state index contributed by atoms with van der Waals surface area (Å²) in [5, 5.41) is 4.41. The number of nitrogens with zero attached hydrogens (tertiary/aromatic N) is 5. The van der Waals surface area contributed by atoms with Crippen molar-refractivity contribution in [1.29, 1.82) is 0 Å². The largest absolute Gasteiger partial charge is 0.367 e. The Morgan fingerprint density at radius 3 is 2.82 bits per heavy atom. The zero-order chi connectivity index (χ0) is 15.7. The van der Waals surface area contributed by atoms with E-state index >= 15 is 0 Å². The molecule has 1 amide bonds. The Morgan fingerprint density at radius 1 is 1.36 bits per heavy atom. The van der Waals surface area contributed by atoms with Crippen LogP contribution in [0.5, 0.6) is 0 Å². The number of aryl methyl sites for hydroxylation is 2. The van der Waals surface area contributed by atoms with Crippen molar-refractivity contribution in [2.75, 3.05) is 24.6 Å². The Kier molecular flexibility index (Phi) is 3.76. The van der Waals surface area contributed by atoms with Gasteiger partial charge >= 0.3 is 0 Å². The summed E-state index contributed by atoms with van der Waals surface area (Å²) in [5.74, 6) is 0.858. The van der Waals surface area contributed by atoms with Crippen LogP contribution in [0.25, 0.3) is 5.82 Å². The Hall–Kier alpha value is -2.48. The van der Waals surface area contributed by atoms with Crippen molar-refractivity contribution in [1.82, 2.24) is 19.7 Å². The molecule has 2 N–H and O–H groups in total. The van der Waals surface area contributed by atoms with Crippen LogP contribution in [-0.2, 0) is 9.53 Å². The average Bonchev–Trinajstić information content (AvgIpc) is 2.86. The van der Waals surface area contributed by atoms with Crippen LogP contribution in [0.15, 0.2) is 18.5 Å². The van der Waals surface area contributed by atoms with Gasteiger partial charge in [0.2, 0.25) is 5.91 Å². The van der Waals surface area contributed by atoms with Gasteiger partial charge in [-0.1, -0.05) is 0 Å². The summed E-state index contributed by atoms with van der Waals surface area (Å²) in [4.78, 5) is 22.1. The van der Waals surface area contributed by atoms with Gasteiger partial charge in [-0.05, 0) is 19.9 Å². The number of aromatic nitrogens is 4. The first-order valence-electron chi connectivity index (χ1n) is 7.06. The molecule has 0 saturated carbocycles. The molecule has 8 nitrogen and oxygen atoms in total.